The molecule has 1 fully saturated rings. The number of benzene rings is 1. The van der Waals surface area contributed by atoms with Gasteiger partial charge in [-0.1, -0.05) is 36.4 Å². The molecule has 174 valence electrons. The number of hydrogen-bond donors (Lipinski definition) is 3. The number of carbonyl (C=O) groups is 1. The number of piperidine rings is 1. The van der Waals surface area contributed by atoms with Crippen LogP contribution >= 0.6 is 24.0 Å². The normalized spacial score (nSPS) is 15.0. The van der Waals surface area contributed by atoms with Crippen LogP contribution in [0.1, 0.15) is 37.3 Å². The van der Waals surface area contributed by atoms with E-state index in [1.807, 2.05) is 19.1 Å². The molecule has 1 aromatic carbocycles. The summed E-state index contributed by atoms with van der Waals surface area (Å²) in [6.07, 6.45) is 4.22. The largest absolute Gasteiger partial charge is 0.357 e. The van der Waals surface area contributed by atoms with Gasteiger partial charge < -0.3 is 16.0 Å². The van der Waals surface area contributed by atoms with E-state index in [2.05, 4.69) is 68.1 Å². The van der Waals surface area contributed by atoms with Crippen LogP contribution in [0.3, 0.4) is 0 Å². The molecule has 1 saturated heterocycles. The molecule has 32 heavy (non-hydrogen) atoms. The maximum atomic E-state index is 12.1. The molecular weight excluding hydrogens is 515 g/mol. The van der Waals surface area contributed by atoms with E-state index in [0.29, 0.717) is 24.8 Å². The molecule has 0 aliphatic carbocycles. The summed E-state index contributed by atoms with van der Waals surface area (Å²) in [7, 11) is 0. The Hall–Kier alpha value is -2.20. The minimum Gasteiger partial charge on any atom is -0.357 e. The molecule has 0 saturated carbocycles. The van der Waals surface area contributed by atoms with Crippen LogP contribution in [-0.4, -0.2) is 54.0 Å². The van der Waals surface area contributed by atoms with Crippen molar-refractivity contribution in [2.45, 2.75) is 45.7 Å². The molecule has 1 amide bonds. The standard InChI is InChI=1S/C24H34N6O.HI/c1-3-25-24(26-14-11-23(31)29-22-10-9-19(2)17-27-22)28-21-12-15-30(16-13-21)18-20-7-5-4-6-8-20;/h4-10,17,21H,3,11-16,18H2,1-2H3,(H2,25,26,28)(H,27,29,31);1H. The molecule has 3 N–H and O–H groups in total. The third kappa shape index (κ3) is 9.12. The lowest BCUT2D eigenvalue weighted by atomic mass is 10.0. The molecule has 0 unspecified atom stereocenters. The second-order valence-corrected chi connectivity index (χ2v) is 7.96. The van der Waals surface area contributed by atoms with E-state index in [1.54, 1.807) is 6.20 Å². The maximum absolute atomic E-state index is 12.1. The first-order chi connectivity index (χ1) is 15.1. The summed E-state index contributed by atoms with van der Waals surface area (Å²) in [6, 6.07) is 14.8. The van der Waals surface area contributed by atoms with Gasteiger partial charge in [-0.3, -0.25) is 14.7 Å². The summed E-state index contributed by atoms with van der Waals surface area (Å²) >= 11 is 0. The summed E-state index contributed by atoms with van der Waals surface area (Å²) < 4.78 is 0. The quantitative estimate of drug-likeness (QED) is 0.266. The minimum atomic E-state index is -0.0785. The van der Waals surface area contributed by atoms with Gasteiger partial charge in [-0.25, -0.2) is 4.98 Å². The van der Waals surface area contributed by atoms with Crippen LogP contribution in [0.2, 0.25) is 0 Å². The molecule has 0 bridgehead atoms. The van der Waals surface area contributed by atoms with Crippen molar-refractivity contribution < 1.29 is 4.79 Å². The average molecular weight is 550 g/mol. The Morgan fingerprint density at radius 3 is 2.56 bits per heavy atom. The Kier molecular flexibility index (Phi) is 11.4. The van der Waals surface area contributed by atoms with E-state index in [0.717, 1.165) is 50.5 Å². The number of nitrogens with zero attached hydrogens (tertiary/aromatic N) is 3. The van der Waals surface area contributed by atoms with Crippen LogP contribution in [0.15, 0.2) is 53.7 Å². The van der Waals surface area contributed by atoms with Crippen LogP contribution in [0, 0.1) is 6.92 Å². The number of anilines is 1. The van der Waals surface area contributed by atoms with Gasteiger partial charge in [0.15, 0.2) is 5.96 Å². The molecule has 8 heteroatoms. The van der Waals surface area contributed by atoms with Gasteiger partial charge in [0.1, 0.15) is 5.82 Å². The fourth-order valence-electron chi connectivity index (χ4n) is 3.61. The number of guanidine groups is 1. The number of aromatic nitrogens is 1. The van der Waals surface area contributed by atoms with Crippen LogP contribution in [0.5, 0.6) is 0 Å². The summed E-state index contributed by atoms with van der Waals surface area (Å²) in [4.78, 5) is 23.4. The Bertz CT molecular complexity index is 835. The first-order valence-electron chi connectivity index (χ1n) is 11.2. The molecule has 1 aliphatic rings. The predicted octanol–water partition coefficient (Wildman–Crippen LogP) is 3.56. The van der Waals surface area contributed by atoms with Crippen molar-refractivity contribution in [3.63, 3.8) is 0 Å². The fourth-order valence-corrected chi connectivity index (χ4v) is 3.61. The van der Waals surface area contributed by atoms with Gasteiger partial charge >= 0.3 is 0 Å². The van der Waals surface area contributed by atoms with Crippen LogP contribution in [-0.2, 0) is 11.3 Å². The number of carbonyl (C=O) groups excluding carboxylic acids is 1. The van der Waals surface area contributed by atoms with Gasteiger partial charge in [-0.2, -0.15) is 0 Å². The Morgan fingerprint density at radius 2 is 1.91 bits per heavy atom. The monoisotopic (exact) mass is 550 g/mol. The van der Waals surface area contributed by atoms with Crippen molar-refractivity contribution in [2.75, 3.05) is 31.5 Å². The number of aryl methyl sites for hydroxylation is 1. The number of halogens is 1. The van der Waals surface area contributed by atoms with E-state index in [9.17, 15) is 4.79 Å². The van der Waals surface area contributed by atoms with Crippen molar-refractivity contribution in [3.8, 4) is 0 Å². The topological polar surface area (TPSA) is 81.6 Å². The SMILES string of the molecule is CCNC(=NCCC(=O)Nc1ccc(C)cn1)NC1CCN(Cc2ccccc2)CC1.I. The second-order valence-electron chi connectivity index (χ2n) is 7.96. The Balaban J connectivity index is 0.00000363. The summed E-state index contributed by atoms with van der Waals surface area (Å²) in [5.74, 6) is 1.28. The van der Waals surface area contributed by atoms with E-state index >= 15 is 0 Å². The van der Waals surface area contributed by atoms with Gasteiger partial charge in [0.2, 0.25) is 5.91 Å². The highest BCUT2D eigenvalue weighted by Crippen LogP contribution is 2.14. The van der Waals surface area contributed by atoms with Crippen molar-refractivity contribution in [2.24, 2.45) is 4.99 Å². The van der Waals surface area contributed by atoms with Crippen molar-refractivity contribution in [3.05, 3.63) is 59.8 Å². The summed E-state index contributed by atoms with van der Waals surface area (Å²) in [6.45, 7) is 8.38. The van der Waals surface area contributed by atoms with Crippen molar-refractivity contribution in [1.29, 1.82) is 0 Å². The number of aliphatic imine (C=N–C) groups is 1. The zero-order valence-corrected chi connectivity index (χ0v) is 21.3. The molecule has 2 heterocycles. The molecule has 3 rings (SSSR count). The number of hydrogen-bond acceptors (Lipinski definition) is 4. The number of nitrogens with one attached hydrogen (secondary N) is 3. The molecule has 0 spiro atoms. The van der Waals surface area contributed by atoms with E-state index in [-0.39, 0.29) is 29.9 Å². The zero-order valence-electron chi connectivity index (χ0n) is 19.0. The Morgan fingerprint density at radius 1 is 1.16 bits per heavy atom. The van der Waals surface area contributed by atoms with Gasteiger partial charge in [0.05, 0.1) is 6.54 Å². The van der Waals surface area contributed by atoms with E-state index in [1.165, 1.54) is 5.56 Å². The summed E-state index contributed by atoms with van der Waals surface area (Å²) in [5.41, 5.74) is 2.43. The van der Waals surface area contributed by atoms with Gasteiger partial charge in [-0.05, 0) is 43.9 Å². The highest BCUT2D eigenvalue weighted by Gasteiger charge is 2.20. The molecule has 0 radical (unpaired) electrons. The smallest absolute Gasteiger partial charge is 0.227 e. The fraction of sp³-hybridized carbons (Fsp3) is 0.458. The lowest BCUT2D eigenvalue weighted by Crippen LogP contribution is -2.48. The second kappa shape index (κ2) is 14.1. The number of pyridine rings is 1. The zero-order chi connectivity index (χ0) is 21.9. The summed E-state index contributed by atoms with van der Waals surface area (Å²) in [5, 5.41) is 9.65. The highest BCUT2D eigenvalue weighted by molar-refractivity contribution is 14.0. The van der Waals surface area contributed by atoms with Crippen molar-refractivity contribution in [1.82, 2.24) is 20.5 Å². The van der Waals surface area contributed by atoms with Gasteiger partial charge in [0, 0.05) is 44.8 Å². The average Bonchev–Trinajstić information content (AvgIpc) is 2.77. The van der Waals surface area contributed by atoms with Crippen LogP contribution < -0.4 is 16.0 Å². The molecule has 0 atom stereocenters. The van der Waals surface area contributed by atoms with Crippen LogP contribution in [0.25, 0.3) is 0 Å². The molecule has 1 aliphatic heterocycles. The number of likely N-dealkylation sites (tertiary alicyclic amines) is 1. The predicted molar refractivity (Wildman–Crippen MR) is 141 cm³/mol. The first kappa shape index (κ1) is 26.1. The number of amides is 1. The van der Waals surface area contributed by atoms with Gasteiger partial charge in [-0.15, -0.1) is 24.0 Å². The van der Waals surface area contributed by atoms with Crippen LogP contribution in [0.4, 0.5) is 5.82 Å². The third-order valence-corrected chi connectivity index (χ3v) is 5.31. The molecule has 7 nitrogen and oxygen atoms in total. The molecule has 2 aromatic rings. The maximum Gasteiger partial charge on any atom is 0.227 e. The molecule has 1 aromatic heterocycles. The van der Waals surface area contributed by atoms with E-state index in [4.69, 9.17) is 0 Å². The third-order valence-electron chi connectivity index (χ3n) is 5.31. The first-order valence-corrected chi connectivity index (χ1v) is 11.2. The minimum absolute atomic E-state index is 0. The molecular formula is C24H35IN6O. The van der Waals surface area contributed by atoms with Gasteiger partial charge in [0.25, 0.3) is 0 Å². The Labute approximate surface area is 208 Å². The number of rotatable bonds is 8. The lowest BCUT2D eigenvalue weighted by Gasteiger charge is -2.33. The van der Waals surface area contributed by atoms with Crippen molar-refractivity contribution >= 4 is 41.7 Å². The van der Waals surface area contributed by atoms with E-state index < -0.39 is 0 Å². The highest BCUT2D eigenvalue weighted by atomic mass is 127. The lowest BCUT2D eigenvalue weighted by molar-refractivity contribution is -0.116.